The zero-order valence-electron chi connectivity index (χ0n) is 18.2. The van der Waals surface area contributed by atoms with Crippen LogP contribution in [0.4, 0.5) is 0 Å². The van der Waals surface area contributed by atoms with Crippen LogP contribution in [-0.2, 0) is 17.8 Å². The summed E-state index contributed by atoms with van der Waals surface area (Å²) in [6.07, 6.45) is 5.42. The van der Waals surface area contributed by atoms with E-state index >= 15 is 0 Å². The van der Waals surface area contributed by atoms with Gasteiger partial charge in [0, 0.05) is 41.7 Å². The zero-order valence-corrected chi connectivity index (χ0v) is 19.7. The number of amides is 2. The molecule has 1 aliphatic heterocycles. The minimum Gasteiger partial charge on any atom is -0.444 e. The average molecular weight is 486 g/mol. The Labute approximate surface area is 202 Å². The minimum atomic E-state index is -0.0814. The number of carbonyl (C=O) groups is 2. The first-order valence-corrected chi connectivity index (χ1v) is 11.8. The Morgan fingerprint density at radius 3 is 2.39 bits per heavy atom. The summed E-state index contributed by atoms with van der Waals surface area (Å²) in [5.74, 6) is 0.244. The van der Waals surface area contributed by atoms with Crippen LogP contribution in [0.5, 0.6) is 0 Å². The van der Waals surface area contributed by atoms with Crippen LogP contribution in [0.3, 0.4) is 0 Å². The van der Waals surface area contributed by atoms with Gasteiger partial charge in [-0.05, 0) is 61.1 Å². The lowest BCUT2D eigenvalue weighted by atomic mass is 10.1. The third-order valence-corrected chi connectivity index (χ3v) is 6.43. The average Bonchev–Trinajstić information content (AvgIpc) is 3.33. The molecule has 1 saturated heterocycles. The van der Waals surface area contributed by atoms with Gasteiger partial charge in [0.25, 0.3) is 5.91 Å². The predicted molar refractivity (Wildman–Crippen MR) is 128 cm³/mol. The van der Waals surface area contributed by atoms with Crippen molar-refractivity contribution >= 4 is 35.0 Å². The zero-order chi connectivity index (χ0) is 23.2. The Morgan fingerprint density at radius 1 is 1.00 bits per heavy atom. The van der Waals surface area contributed by atoms with E-state index in [-0.39, 0.29) is 11.8 Å². The number of rotatable bonds is 7. The van der Waals surface area contributed by atoms with Crippen LogP contribution in [0.2, 0.25) is 10.0 Å². The van der Waals surface area contributed by atoms with Crippen molar-refractivity contribution in [2.24, 2.45) is 0 Å². The quantitative estimate of drug-likeness (QED) is 0.477. The van der Waals surface area contributed by atoms with E-state index in [1.54, 1.807) is 18.2 Å². The van der Waals surface area contributed by atoms with E-state index in [9.17, 15) is 9.59 Å². The maximum absolute atomic E-state index is 12.6. The van der Waals surface area contributed by atoms with Crippen molar-refractivity contribution in [2.75, 3.05) is 13.1 Å². The Bertz CT molecular complexity index is 1100. The molecule has 33 heavy (non-hydrogen) atoms. The second-order valence-corrected chi connectivity index (χ2v) is 8.88. The maximum atomic E-state index is 12.6. The van der Waals surface area contributed by atoms with E-state index < -0.39 is 0 Å². The molecule has 3 aromatic rings. The maximum Gasteiger partial charge on any atom is 0.275 e. The van der Waals surface area contributed by atoms with Crippen LogP contribution in [0, 0.1) is 0 Å². The van der Waals surface area contributed by atoms with E-state index in [2.05, 4.69) is 10.3 Å². The largest absolute Gasteiger partial charge is 0.444 e. The Balaban J connectivity index is 1.29. The summed E-state index contributed by atoms with van der Waals surface area (Å²) in [5.41, 5.74) is 2.83. The van der Waals surface area contributed by atoms with Crippen LogP contribution in [0.25, 0.3) is 11.5 Å². The van der Waals surface area contributed by atoms with Gasteiger partial charge >= 0.3 is 0 Å². The standard InChI is InChI=1S/C25H25Cl2N3O3/c26-20-5-4-6-21(27)19(20)11-12-23(31)28-15-17-7-9-18(10-8-17)24-29-22(16-33-24)25(32)30-13-2-1-3-14-30/h4-10,16H,1-3,11-15H2,(H,28,31). The molecule has 1 aromatic heterocycles. The number of benzene rings is 2. The summed E-state index contributed by atoms with van der Waals surface area (Å²) in [6.45, 7) is 1.94. The van der Waals surface area contributed by atoms with Gasteiger partial charge in [0.1, 0.15) is 6.26 Å². The molecule has 0 unspecified atom stereocenters. The molecule has 2 amide bonds. The van der Waals surface area contributed by atoms with E-state index in [4.69, 9.17) is 27.6 Å². The third kappa shape index (κ3) is 5.95. The molecule has 0 saturated carbocycles. The van der Waals surface area contributed by atoms with E-state index in [1.807, 2.05) is 29.2 Å². The number of nitrogens with one attached hydrogen (secondary N) is 1. The summed E-state index contributed by atoms with van der Waals surface area (Å²) in [6, 6.07) is 12.8. The summed E-state index contributed by atoms with van der Waals surface area (Å²) < 4.78 is 5.54. The number of carbonyl (C=O) groups excluding carboxylic acids is 2. The summed E-state index contributed by atoms with van der Waals surface area (Å²) >= 11 is 12.3. The molecule has 2 heterocycles. The lowest BCUT2D eigenvalue weighted by molar-refractivity contribution is -0.121. The molecule has 2 aromatic carbocycles. The summed E-state index contributed by atoms with van der Waals surface area (Å²) in [7, 11) is 0. The highest BCUT2D eigenvalue weighted by Crippen LogP contribution is 2.25. The van der Waals surface area contributed by atoms with E-state index in [1.165, 1.54) is 6.26 Å². The SMILES string of the molecule is O=C(CCc1c(Cl)cccc1Cl)NCc1ccc(-c2nc(C(=O)N3CCCCC3)co2)cc1. The Hall–Kier alpha value is -2.83. The van der Waals surface area contributed by atoms with E-state index in [0.29, 0.717) is 41.0 Å². The third-order valence-electron chi connectivity index (χ3n) is 5.72. The van der Waals surface area contributed by atoms with Gasteiger partial charge in [-0.3, -0.25) is 9.59 Å². The molecule has 8 heteroatoms. The van der Waals surface area contributed by atoms with Gasteiger partial charge in [-0.2, -0.15) is 0 Å². The minimum absolute atomic E-state index is 0.0800. The molecule has 1 aliphatic rings. The van der Waals surface area contributed by atoms with Gasteiger partial charge in [-0.1, -0.05) is 41.4 Å². The number of halogens is 2. The normalized spacial score (nSPS) is 13.7. The summed E-state index contributed by atoms with van der Waals surface area (Å²) in [5, 5.41) is 4.04. The fourth-order valence-electron chi connectivity index (χ4n) is 3.83. The molecule has 172 valence electrons. The van der Waals surface area contributed by atoms with Gasteiger partial charge in [0.05, 0.1) is 0 Å². The molecule has 1 fully saturated rings. The highest BCUT2D eigenvalue weighted by atomic mass is 35.5. The van der Waals surface area contributed by atoms with Crippen molar-refractivity contribution in [3.05, 3.63) is 75.6 Å². The van der Waals surface area contributed by atoms with Crippen LogP contribution < -0.4 is 5.32 Å². The number of aromatic nitrogens is 1. The molecule has 0 radical (unpaired) electrons. The second-order valence-electron chi connectivity index (χ2n) is 8.06. The molecular formula is C25H25Cl2N3O3. The van der Waals surface area contributed by atoms with Crippen molar-refractivity contribution in [3.63, 3.8) is 0 Å². The first-order valence-electron chi connectivity index (χ1n) is 11.0. The molecular weight excluding hydrogens is 461 g/mol. The lowest BCUT2D eigenvalue weighted by Crippen LogP contribution is -2.35. The van der Waals surface area contributed by atoms with E-state index in [0.717, 1.165) is 49.0 Å². The van der Waals surface area contributed by atoms with Gasteiger partial charge < -0.3 is 14.6 Å². The topological polar surface area (TPSA) is 75.4 Å². The molecule has 0 aliphatic carbocycles. The second kappa shape index (κ2) is 10.9. The Morgan fingerprint density at radius 2 is 1.70 bits per heavy atom. The molecule has 4 rings (SSSR count). The van der Waals surface area contributed by atoms with Crippen molar-refractivity contribution in [1.82, 2.24) is 15.2 Å². The van der Waals surface area contributed by atoms with Crippen LogP contribution >= 0.6 is 23.2 Å². The van der Waals surface area contributed by atoms with Gasteiger partial charge in [0.2, 0.25) is 11.8 Å². The van der Waals surface area contributed by atoms with Crippen molar-refractivity contribution in [3.8, 4) is 11.5 Å². The fourth-order valence-corrected chi connectivity index (χ4v) is 4.41. The smallest absolute Gasteiger partial charge is 0.275 e. The number of piperidine rings is 1. The molecule has 6 nitrogen and oxygen atoms in total. The monoisotopic (exact) mass is 485 g/mol. The van der Waals surface area contributed by atoms with Gasteiger partial charge in [-0.25, -0.2) is 4.98 Å². The van der Waals surface area contributed by atoms with Crippen molar-refractivity contribution < 1.29 is 14.0 Å². The van der Waals surface area contributed by atoms with Crippen LogP contribution in [0.15, 0.2) is 53.1 Å². The lowest BCUT2D eigenvalue weighted by Gasteiger charge is -2.25. The number of hydrogen-bond donors (Lipinski definition) is 1. The van der Waals surface area contributed by atoms with Crippen LogP contribution in [-0.4, -0.2) is 34.8 Å². The van der Waals surface area contributed by atoms with Crippen LogP contribution in [0.1, 0.15) is 47.3 Å². The molecule has 0 spiro atoms. The fraction of sp³-hybridized carbons (Fsp3) is 0.320. The summed E-state index contributed by atoms with van der Waals surface area (Å²) in [4.78, 5) is 31.0. The Kier molecular flexibility index (Phi) is 7.68. The van der Waals surface area contributed by atoms with Crippen molar-refractivity contribution in [2.45, 2.75) is 38.6 Å². The predicted octanol–water partition coefficient (Wildman–Crippen LogP) is 5.52. The molecule has 0 atom stereocenters. The highest BCUT2D eigenvalue weighted by Gasteiger charge is 2.21. The first kappa shape index (κ1) is 23.3. The molecule has 1 N–H and O–H groups in total. The highest BCUT2D eigenvalue weighted by molar-refractivity contribution is 6.36. The number of likely N-dealkylation sites (tertiary alicyclic amines) is 1. The van der Waals surface area contributed by atoms with Gasteiger partial charge in [0.15, 0.2) is 5.69 Å². The molecule has 0 bridgehead atoms. The number of nitrogens with zero attached hydrogens (tertiary/aromatic N) is 2. The van der Waals surface area contributed by atoms with Gasteiger partial charge in [-0.15, -0.1) is 0 Å². The number of oxazole rings is 1. The number of hydrogen-bond acceptors (Lipinski definition) is 4. The first-order chi connectivity index (χ1) is 16.0. The van der Waals surface area contributed by atoms with Crippen molar-refractivity contribution in [1.29, 1.82) is 0 Å².